The van der Waals surface area contributed by atoms with Crippen molar-refractivity contribution in [3.8, 4) is 5.75 Å². The quantitative estimate of drug-likeness (QED) is 0.720. The summed E-state index contributed by atoms with van der Waals surface area (Å²) >= 11 is 1.70. The number of aliphatic hydroxyl groups excluding tert-OH is 1. The van der Waals surface area contributed by atoms with Crippen LogP contribution in [-0.2, 0) is 0 Å². The first kappa shape index (κ1) is 12.4. The van der Waals surface area contributed by atoms with Gasteiger partial charge in [-0.2, -0.15) is 0 Å². The van der Waals surface area contributed by atoms with Crippen LogP contribution < -0.4 is 10.1 Å². The van der Waals surface area contributed by atoms with Crippen LogP contribution in [0.25, 0.3) is 0 Å². The number of hydrogen-bond acceptors (Lipinski definition) is 4. The highest BCUT2D eigenvalue weighted by Crippen LogP contribution is 2.18. The monoisotopic (exact) mass is 227 g/mol. The number of hydrogen-bond donors (Lipinski definition) is 2. The molecule has 0 heterocycles. The minimum atomic E-state index is -0.463. The van der Waals surface area contributed by atoms with E-state index in [1.807, 2.05) is 30.5 Å². The van der Waals surface area contributed by atoms with E-state index in [0.717, 1.165) is 5.75 Å². The van der Waals surface area contributed by atoms with E-state index >= 15 is 0 Å². The maximum absolute atomic E-state index is 9.42. The van der Waals surface area contributed by atoms with Gasteiger partial charge in [-0.15, -0.1) is 11.8 Å². The number of thioether (sulfide) groups is 1. The van der Waals surface area contributed by atoms with E-state index in [-0.39, 0.29) is 0 Å². The van der Waals surface area contributed by atoms with Crippen LogP contribution in [0.3, 0.4) is 0 Å². The van der Waals surface area contributed by atoms with E-state index < -0.39 is 6.10 Å². The maximum atomic E-state index is 9.42. The number of ether oxygens (including phenoxy) is 1. The van der Waals surface area contributed by atoms with Gasteiger partial charge in [0.15, 0.2) is 0 Å². The number of benzene rings is 1. The van der Waals surface area contributed by atoms with Crippen molar-refractivity contribution in [1.82, 2.24) is 5.32 Å². The smallest absolute Gasteiger partial charge is 0.119 e. The van der Waals surface area contributed by atoms with Crippen molar-refractivity contribution in [2.45, 2.75) is 11.0 Å². The van der Waals surface area contributed by atoms with Gasteiger partial charge in [-0.25, -0.2) is 0 Å². The molecule has 0 radical (unpaired) electrons. The molecular weight excluding hydrogens is 210 g/mol. The van der Waals surface area contributed by atoms with Crippen LogP contribution in [0.4, 0.5) is 0 Å². The standard InChI is InChI=1S/C11H17NO2S/c1-12-7-9(13)8-14-10-3-5-11(15-2)6-4-10/h3-6,9,12-13H,7-8H2,1-2H3. The fourth-order valence-corrected chi connectivity index (χ4v) is 1.57. The number of likely N-dealkylation sites (N-methyl/N-ethyl adjacent to an activating group) is 1. The van der Waals surface area contributed by atoms with Crippen molar-refractivity contribution in [3.05, 3.63) is 24.3 Å². The van der Waals surface area contributed by atoms with E-state index in [2.05, 4.69) is 5.32 Å². The Kier molecular flexibility index (Phi) is 5.53. The summed E-state index contributed by atoms with van der Waals surface area (Å²) < 4.78 is 5.42. The summed E-state index contributed by atoms with van der Waals surface area (Å²) in [6.07, 6.45) is 1.57. The fourth-order valence-electron chi connectivity index (χ4n) is 1.16. The molecule has 0 aliphatic rings. The molecule has 0 bridgehead atoms. The lowest BCUT2D eigenvalue weighted by Gasteiger charge is -2.11. The molecule has 1 rings (SSSR count). The third-order valence-corrected chi connectivity index (χ3v) is 2.69. The zero-order chi connectivity index (χ0) is 11.1. The van der Waals surface area contributed by atoms with Gasteiger partial charge in [-0.1, -0.05) is 0 Å². The Balaban J connectivity index is 2.37. The average Bonchev–Trinajstić information content (AvgIpc) is 2.27. The molecule has 0 amide bonds. The maximum Gasteiger partial charge on any atom is 0.119 e. The zero-order valence-electron chi connectivity index (χ0n) is 9.06. The summed E-state index contributed by atoms with van der Waals surface area (Å²) in [4.78, 5) is 1.21. The van der Waals surface area contributed by atoms with Crippen LogP contribution in [0.15, 0.2) is 29.2 Å². The predicted octanol–water partition coefficient (Wildman–Crippen LogP) is 1.37. The molecule has 84 valence electrons. The van der Waals surface area contributed by atoms with Crippen LogP contribution in [0.2, 0.25) is 0 Å². The van der Waals surface area contributed by atoms with E-state index in [4.69, 9.17) is 4.74 Å². The molecule has 2 N–H and O–H groups in total. The topological polar surface area (TPSA) is 41.5 Å². The van der Waals surface area contributed by atoms with E-state index in [0.29, 0.717) is 13.2 Å². The predicted molar refractivity (Wildman–Crippen MR) is 63.7 cm³/mol. The fraction of sp³-hybridized carbons (Fsp3) is 0.455. The van der Waals surface area contributed by atoms with Crippen molar-refractivity contribution < 1.29 is 9.84 Å². The molecule has 3 nitrogen and oxygen atoms in total. The van der Waals surface area contributed by atoms with E-state index in [1.54, 1.807) is 18.8 Å². The average molecular weight is 227 g/mol. The highest BCUT2D eigenvalue weighted by Gasteiger charge is 2.03. The molecule has 0 saturated heterocycles. The van der Waals surface area contributed by atoms with Crippen molar-refractivity contribution in [1.29, 1.82) is 0 Å². The van der Waals surface area contributed by atoms with Crippen LogP contribution in [0.5, 0.6) is 5.75 Å². The Labute approximate surface area is 94.8 Å². The molecule has 1 aromatic carbocycles. The second kappa shape index (κ2) is 6.71. The van der Waals surface area contributed by atoms with Gasteiger partial charge in [0, 0.05) is 11.4 Å². The minimum absolute atomic E-state index is 0.319. The SMILES string of the molecule is CNCC(O)COc1ccc(SC)cc1. The van der Waals surface area contributed by atoms with Crippen LogP contribution in [0.1, 0.15) is 0 Å². The van der Waals surface area contributed by atoms with Crippen LogP contribution in [-0.4, -0.2) is 37.7 Å². The van der Waals surface area contributed by atoms with Gasteiger partial charge in [0.2, 0.25) is 0 Å². The Morgan fingerprint density at radius 3 is 2.60 bits per heavy atom. The van der Waals surface area contributed by atoms with Crippen LogP contribution >= 0.6 is 11.8 Å². The molecule has 0 spiro atoms. The summed E-state index contributed by atoms with van der Waals surface area (Å²) in [6.45, 7) is 0.863. The third kappa shape index (κ3) is 4.55. The first-order valence-electron chi connectivity index (χ1n) is 4.85. The van der Waals surface area contributed by atoms with Gasteiger partial charge in [0.1, 0.15) is 18.5 Å². The van der Waals surface area contributed by atoms with Gasteiger partial charge >= 0.3 is 0 Å². The first-order valence-corrected chi connectivity index (χ1v) is 6.08. The third-order valence-electron chi connectivity index (χ3n) is 1.94. The molecule has 1 unspecified atom stereocenters. The summed E-state index contributed by atoms with van der Waals surface area (Å²) in [5, 5.41) is 12.3. The van der Waals surface area contributed by atoms with Crippen LogP contribution in [0, 0.1) is 0 Å². The molecule has 0 aromatic heterocycles. The molecule has 15 heavy (non-hydrogen) atoms. The van der Waals surface area contributed by atoms with Crippen molar-refractivity contribution in [2.75, 3.05) is 26.5 Å². The molecular formula is C11H17NO2S. The molecule has 4 heteroatoms. The Morgan fingerprint density at radius 1 is 1.40 bits per heavy atom. The Hall–Kier alpha value is -0.710. The Morgan fingerprint density at radius 2 is 2.07 bits per heavy atom. The molecule has 0 aliphatic heterocycles. The number of rotatable bonds is 6. The summed E-state index contributed by atoms with van der Waals surface area (Å²) in [7, 11) is 1.80. The summed E-state index contributed by atoms with van der Waals surface area (Å²) in [5.41, 5.74) is 0. The van der Waals surface area contributed by atoms with E-state index in [9.17, 15) is 5.11 Å². The van der Waals surface area contributed by atoms with Crippen molar-refractivity contribution >= 4 is 11.8 Å². The van der Waals surface area contributed by atoms with Gasteiger partial charge in [0.25, 0.3) is 0 Å². The highest BCUT2D eigenvalue weighted by molar-refractivity contribution is 7.98. The lowest BCUT2D eigenvalue weighted by molar-refractivity contribution is 0.108. The number of aliphatic hydroxyl groups is 1. The summed E-state index contributed by atoms with van der Waals surface area (Å²) in [5.74, 6) is 0.794. The normalized spacial score (nSPS) is 12.5. The molecule has 0 fully saturated rings. The van der Waals surface area contributed by atoms with Gasteiger partial charge < -0.3 is 15.2 Å². The summed E-state index contributed by atoms with van der Waals surface area (Å²) in [6, 6.07) is 7.84. The number of nitrogens with one attached hydrogen (secondary N) is 1. The lowest BCUT2D eigenvalue weighted by atomic mass is 10.3. The molecule has 1 aromatic rings. The second-order valence-corrected chi connectivity index (χ2v) is 4.08. The van der Waals surface area contributed by atoms with Crippen molar-refractivity contribution in [3.63, 3.8) is 0 Å². The van der Waals surface area contributed by atoms with Gasteiger partial charge in [-0.05, 0) is 37.6 Å². The molecule has 0 aliphatic carbocycles. The zero-order valence-corrected chi connectivity index (χ0v) is 9.88. The molecule has 1 atom stereocenters. The second-order valence-electron chi connectivity index (χ2n) is 3.20. The minimum Gasteiger partial charge on any atom is -0.491 e. The first-order chi connectivity index (χ1) is 7.26. The van der Waals surface area contributed by atoms with Gasteiger partial charge in [0.05, 0.1) is 0 Å². The lowest BCUT2D eigenvalue weighted by Crippen LogP contribution is -2.29. The molecule has 0 saturated carbocycles. The van der Waals surface area contributed by atoms with E-state index in [1.165, 1.54) is 4.90 Å². The Bertz CT molecular complexity index is 276. The van der Waals surface area contributed by atoms with Gasteiger partial charge in [-0.3, -0.25) is 0 Å². The highest BCUT2D eigenvalue weighted by atomic mass is 32.2. The largest absolute Gasteiger partial charge is 0.491 e. The van der Waals surface area contributed by atoms with Crippen molar-refractivity contribution in [2.24, 2.45) is 0 Å².